The Labute approximate surface area is 163 Å². The minimum atomic E-state index is -0.372. The van der Waals surface area contributed by atoms with E-state index in [1.165, 1.54) is 5.56 Å². The van der Waals surface area contributed by atoms with Crippen LogP contribution in [-0.4, -0.2) is 22.4 Å². The average molecular weight is 375 g/mol. The molecule has 5 rings (SSSR count). The van der Waals surface area contributed by atoms with E-state index in [1.807, 2.05) is 24.3 Å². The smallest absolute Gasteiger partial charge is 0.253 e. The average Bonchev–Trinajstić information content (AvgIpc) is 3.33. The monoisotopic (exact) mass is 375 g/mol. The van der Waals surface area contributed by atoms with Crippen molar-refractivity contribution >= 4 is 5.91 Å². The highest BCUT2D eigenvalue weighted by Gasteiger charge is 2.50. The van der Waals surface area contributed by atoms with Crippen LogP contribution in [0.25, 0.3) is 22.5 Å². The van der Waals surface area contributed by atoms with Crippen molar-refractivity contribution in [3.8, 4) is 22.5 Å². The van der Waals surface area contributed by atoms with Crippen LogP contribution in [0.3, 0.4) is 0 Å². The Morgan fingerprint density at radius 2 is 1.86 bits per heavy atom. The van der Waals surface area contributed by atoms with Crippen molar-refractivity contribution in [2.45, 2.75) is 38.0 Å². The van der Waals surface area contributed by atoms with Crippen LogP contribution in [0.5, 0.6) is 0 Å². The van der Waals surface area contributed by atoms with Gasteiger partial charge < -0.3 is 10.3 Å². The van der Waals surface area contributed by atoms with Crippen LogP contribution in [0.2, 0.25) is 0 Å². The Morgan fingerprint density at radius 3 is 2.54 bits per heavy atom. The molecule has 0 unspecified atom stereocenters. The third-order valence-corrected chi connectivity index (χ3v) is 6.06. The van der Waals surface area contributed by atoms with Crippen molar-refractivity contribution in [3.05, 3.63) is 65.2 Å². The van der Waals surface area contributed by atoms with Gasteiger partial charge in [0, 0.05) is 40.7 Å². The lowest BCUT2D eigenvalue weighted by atomic mass is 9.95. The summed E-state index contributed by atoms with van der Waals surface area (Å²) in [6.45, 7) is 4.92. The maximum atomic E-state index is 15.4. The van der Waals surface area contributed by atoms with E-state index in [-0.39, 0.29) is 17.1 Å². The Kier molecular flexibility index (Phi) is 3.69. The molecule has 0 bridgehead atoms. The number of aromatic amines is 1. The Morgan fingerprint density at radius 1 is 1.11 bits per heavy atom. The number of benzene rings is 1. The lowest BCUT2D eigenvalue weighted by molar-refractivity contribution is 0.0937. The van der Waals surface area contributed by atoms with E-state index in [0.29, 0.717) is 35.0 Å². The molecule has 1 aliphatic carbocycles. The second-order valence-electron chi connectivity index (χ2n) is 8.23. The minimum Gasteiger partial charge on any atom is -0.357 e. The number of carbonyl (C=O) groups is 1. The summed E-state index contributed by atoms with van der Waals surface area (Å²) in [5, 5.41) is 2.96. The SMILES string of the molecule is CC(C)c1ccc(-c2nccc(-c3cc4c([nH]3)C3(CC3)CNC4=O)c2F)cc1. The molecular formula is C23H22FN3O. The fraction of sp³-hybridized carbons (Fsp3) is 0.304. The topological polar surface area (TPSA) is 57.8 Å². The lowest BCUT2D eigenvalue weighted by Crippen LogP contribution is -2.38. The van der Waals surface area contributed by atoms with Gasteiger partial charge in [-0.05, 0) is 36.5 Å². The number of halogens is 1. The van der Waals surface area contributed by atoms with Gasteiger partial charge in [0.25, 0.3) is 5.91 Å². The molecule has 1 spiro atoms. The predicted octanol–water partition coefficient (Wildman–Crippen LogP) is 4.78. The Hall–Kier alpha value is -2.95. The number of carbonyl (C=O) groups excluding carboxylic acids is 1. The third-order valence-electron chi connectivity index (χ3n) is 6.06. The maximum Gasteiger partial charge on any atom is 0.253 e. The number of amides is 1. The quantitative estimate of drug-likeness (QED) is 0.692. The van der Waals surface area contributed by atoms with E-state index in [9.17, 15) is 4.79 Å². The first-order chi connectivity index (χ1) is 13.5. The number of nitrogens with one attached hydrogen (secondary N) is 2. The van der Waals surface area contributed by atoms with E-state index in [1.54, 1.807) is 18.3 Å². The van der Waals surface area contributed by atoms with Gasteiger partial charge in [0.05, 0.1) is 5.56 Å². The Balaban J connectivity index is 1.58. The van der Waals surface area contributed by atoms with Crippen LogP contribution >= 0.6 is 0 Å². The summed E-state index contributed by atoms with van der Waals surface area (Å²) in [5.74, 6) is -0.0399. The number of fused-ring (bicyclic) bond motifs is 2. The third kappa shape index (κ3) is 2.57. The van der Waals surface area contributed by atoms with Crippen molar-refractivity contribution in [2.24, 2.45) is 0 Å². The molecule has 0 saturated heterocycles. The van der Waals surface area contributed by atoms with E-state index in [0.717, 1.165) is 24.1 Å². The van der Waals surface area contributed by atoms with Crippen molar-refractivity contribution < 1.29 is 9.18 Å². The summed E-state index contributed by atoms with van der Waals surface area (Å²) in [4.78, 5) is 19.9. The van der Waals surface area contributed by atoms with E-state index in [4.69, 9.17) is 0 Å². The standard InChI is InChI=1S/C23H22FN3O/c1-13(2)14-3-5-15(6-4-14)20-19(24)16(7-10-25-20)18-11-17-21(27-18)23(8-9-23)12-26-22(17)28/h3-7,10-11,13,27H,8-9,12H2,1-2H3,(H,26,28). The lowest BCUT2D eigenvalue weighted by Gasteiger charge is -2.21. The van der Waals surface area contributed by atoms with Gasteiger partial charge in [0.2, 0.25) is 0 Å². The second kappa shape index (κ2) is 6.03. The molecule has 2 aliphatic rings. The first-order valence-corrected chi connectivity index (χ1v) is 9.75. The molecule has 2 N–H and O–H groups in total. The van der Waals surface area contributed by atoms with Crippen molar-refractivity contribution in [3.63, 3.8) is 0 Å². The minimum absolute atomic E-state index is 0.0144. The van der Waals surface area contributed by atoms with Crippen LogP contribution in [0, 0.1) is 5.82 Å². The molecule has 2 aromatic heterocycles. The fourth-order valence-corrected chi connectivity index (χ4v) is 4.09. The molecular weight excluding hydrogens is 353 g/mol. The fourth-order valence-electron chi connectivity index (χ4n) is 4.09. The van der Waals surface area contributed by atoms with Crippen LogP contribution in [0.1, 0.15) is 54.2 Å². The van der Waals surface area contributed by atoms with Gasteiger partial charge >= 0.3 is 0 Å². The zero-order valence-corrected chi connectivity index (χ0v) is 16.0. The highest BCUT2D eigenvalue weighted by atomic mass is 19.1. The molecule has 1 amide bonds. The highest BCUT2D eigenvalue weighted by molar-refractivity contribution is 5.99. The number of H-pyrrole nitrogens is 1. The number of hydrogen-bond acceptors (Lipinski definition) is 2. The normalized spacial score (nSPS) is 16.9. The summed E-state index contributed by atoms with van der Waals surface area (Å²) < 4.78 is 15.4. The Bertz CT molecular complexity index is 1080. The molecule has 1 aliphatic heterocycles. The number of pyridine rings is 1. The maximum absolute atomic E-state index is 15.4. The molecule has 3 heterocycles. The summed E-state index contributed by atoms with van der Waals surface area (Å²) in [6.07, 6.45) is 3.72. The molecule has 5 heteroatoms. The van der Waals surface area contributed by atoms with Gasteiger partial charge in [0.1, 0.15) is 5.69 Å². The number of aromatic nitrogens is 2. The van der Waals surface area contributed by atoms with Gasteiger partial charge in [-0.15, -0.1) is 0 Å². The zero-order valence-electron chi connectivity index (χ0n) is 16.0. The molecule has 0 atom stereocenters. The van der Waals surface area contributed by atoms with Gasteiger partial charge in [-0.2, -0.15) is 0 Å². The van der Waals surface area contributed by atoms with Crippen LogP contribution < -0.4 is 5.32 Å². The second-order valence-corrected chi connectivity index (χ2v) is 8.23. The van der Waals surface area contributed by atoms with Gasteiger partial charge in [0.15, 0.2) is 5.82 Å². The van der Waals surface area contributed by atoms with Gasteiger partial charge in [-0.3, -0.25) is 9.78 Å². The van der Waals surface area contributed by atoms with E-state index >= 15 is 4.39 Å². The highest BCUT2D eigenvalue weighted by Crippen LogP contribution is 2.50. The molecule has 1 saturated carbocycles. The molecule has 0 radical (unpaired) electrons. The summed E-state index contributed by atoms with van der Waals surface area (Å²) in [6, 6.07) is 11.3. The molecule has 4 nitrogen and oxygen atoms in total. The van der Waals surface area contributed by atoms with Crippen molar-refractivity contribution in [1.82, 2.24) is 15.3 Å². The predicted molar refractivity (Wildman–Crippen MR) is 107 cm³/mol. The molecule has 1 fully saturated rings. The number of nitrogens with zero attached hydrogens (tertiary/aromatic N) is 1. The number of rotatable bonds is 3. The van der Waals surface area contributed by atoms with Gasteiger partial charge in [-0.1, -0.05) is 38.1 Å². The number of hydrogen-bond donors (Lipinski definition) is 2. The molecule has 1 aromatic carbocycles. The van der Waals surface area contributed by atoms with E-state index < -0.39 is 0 Å². The molecule has 142 valence electrons. The molecule has 28 heavy (non-hydrogen) atoms. The van der Waals surface area contributed by atoms with Crippen molar-refractivity contribution in [2.75, 3.05) is 6.54 Å². The summed E-state index contributed by atoms with van der Waals surface area (Å²) in [5.41, 5.74) is 4.95. The van der Waals surface area contributed by atoms with Crippen LogP contribution in [-0.2, 0) is 5.41 Å². The summed E-state index contributed by atoms with van der Waals surface area (Å²) in [7, 11) is 0. The first kappa shape index (κ1) is 17.2. The van der Waals surface area contributed by atoms with Gasteiger partial charge in [-0.25, -0.2) is 4.39 Å². The summed E-state index contributed by atoms with van der Waals surface area (Å²) >= 11 is 0. The zero-order chi connectivity index (χ0) is 19.5. The van der Waals surface area contributed by atoms with Crippen LogP contribution in [0.4, 0.5) is 4.39 Å². The molecule has 3 aromatic rings. The first-order valence-electron chi connectivity index (χ1n) is 9.75. The van der Waals surface area contributed by atoms with E-state index in [2.05, 4.69) is 29.1 Å². The van der Waals surface area contributed by atoms with Crippen LogP contribution in [0.15, 0.2) is 42.6 Å². The van der Waals surface area contributed by atoms with Crippen molar-refractivity contribution in [1.29, 1.82) is 0 Å². The largest absolute Gasteiger partial charge is 0.357 e.